The van der Waals surface area contributed by atoms with Crippen LogP contribution in [0.15, 0.2) is 0 Å². The fourth-order valence-corrected chi connectivity index (χ4v) is 1.81. The van der Waals surface area contributed by atoms with Crippen molar-refractivity contribution in [2.24, 2.45) is 0 Å². The van der Waals surface area contributed by atoms with Gasteiger partial charge >= 0.3 is 5.97 Å². The standard InChI is InChI=1S/C13H23N3O2/c1-7-9(3)16-11(13(4,5)6)10(14-15-16)12(17)18-8-2/h9H,7-8H2,1-6H3. The predicted octanol–water partition coefficient (Wildman–Crippen LogP) is 2.72. The first-order chi connectivity index (χ1) is 8.32. The lowest BCUT2D eigenvalue weighted by molar-refractivity contribution is 0.0516. The molecule has 0 bridgehead atoms. The number of hydrogen-bond donors (Lipinski definition) is 0. The third kappa shape index (κ3) is 2.89. The maximum absolute atomic E-state index is 11.9. The van der Waals surface area contributed by atoms with Gasteiger partial charge in [-0.1, -0.05) is 32.9 Å². The third-order valence-corrected chi connectivity index (χ3v) is 2.88. The van der Waals surface area contributed by atoms with E-state index in [0.29, 0.717) is 12.3 Å². The summed E-state index contributed by atoms with van der Waals surface area (Å²) < 4.78 is 6.88. The van der Waals surface area contributed by atoms with E-state index < -0.39 is 5.97 Å². The van der Waals surface area contributed by atoms with Gasteiger partial charge in [0.15, 0.2) is 5.69 Å². The van der Waals surface area contributed by atoms with Crippen molar-refractivity contribution >= 4 is 5.97 Å². The van der Waals surface area contributed by atoms with Crippen molar-refractivity contribution in [2.45, 2.75) is 59.4 Å². The highest BCUT2D eigenvalue weighted by Crippen LogP contribution is 2.28. The van der Waals surface area contributed by atoms with Gasteiger partial charge in [-0.15, -0.1) is 5.10 Å². The van der Waals surface area contributed by atoms with E-state index in [1.807, 2.05) is 25.5 Å². The molecule has 0 saturated carbocycles. The van der Waals surface area contributed by atoms with Gasteiger partial charge < -0.3 is 4.74 Å². The predicted molar refractivity (Wildman–Crippen MR) is 69.7 cm³/mol. The summed E-state index contributed by atoms with van der Waals surface area (Å²) in [5, 5.41) is 8.13. The van der Waals surface area contributed by atoms with Gasteiger partial charge in [0.1, 0.15) is 0 Å². The minimum Gasteiger partial charge on any atom is -0.461 e. The molecule has 0 fully saturated rings. The summed E-state index contributed by atoms with van der Waals surface area (Å²) >= 11 is 0. The number of hydrogen-bond acceptors (Lipinski definition) is 4. The second kappa shape index (κ2) is 5.50. The van der Waals surface area contributed by atoms with Crippen LogP contribution < -0.4 is 0 Å². The molecule has 1 heterocycles. The number of nitrogens with zero attached hydrogens (tertiary/aromatic N) is 3. The van der Waals surface area contributed by atoms with Crippen LogP contribution in [0, 0.1) is 0 Å². The van der Waals surface area contributed by atoms with E-state index in [1.165, 1.54) is 0 Å². The molecule has 1 aromatic heterocycles. The molecule has 0 N–H and O–H groups in total. The lowest BCUT2D eigenvalue weighted by Crippen LogP contribution is -2.24. The lowest BCUT2D eigenvalue weighted by atomic mass is 9.90. The summed E-state index contributed by atoms with van der Waals surface area (Å²) in [5.41, 5.74) is 0.981. The molecule has 102 valence electrons. The van der Waals surface area contributed by atoms with E-state index in [0.717, 1.165) is 12.1 Å². The molecule has 0 radical (unpaired) electrons. The van der Waals surface area contributed by atoms with Crippen molar-refractivity contribution in [2.75, 3.05) is 6.61 Å². The van der Waals surface area contributed by atoms with Crippen LogP contribution >= 0.6 is 0 Å². The summed E-state index contributed by atoms with van der Waals surface area (Å²) in [5.74, 6) is -0.392. The third-order valence-electron chi connectivity index (χ3n) is 2.88. The lowest BCUT2D eigenvalue weighted by Gasteiger charge is -2.23. The van der Waals surface area contributed by atoms with Gasteiger partial charge in [0.05, 0.1) is 18.3 Å². The van der Waals surface area contributed by atoms with E-state index in [-0.39, 0.29) is 11.5 Å². The van der Waals surface area contributed by atoms with Crippen molar-refractivity contribution in [3.8, 4) is 0 Å². The van der Waals surface area contributed by atoms with Gasteiger partial charge in [-0.25, -0.2) is 9.48 Å². The fraction of sp³-hybridized carbons (Fsp3) is 0.769. The molecule has 1 aromatic rings. The Balaban J connectivity index is 3.29. The molecule has 0 spiro atoms. The van der Waals surface area contributed by atoms with Crippen LogP contribution in [0.4, 0.5) is 0 Å². The largest absolute Gasteiger partial charge is 0.461 e. The number of carbonyl (C=O) groups is 1. The second-order valence-electron chi connectivity index (χ2n) is 5.46. The highest BCUT2D eigenvalue weighted by atomic mass is 16.5. The molecule has 0 amide bonds. The van der Waals surface area contributed by atoms with Crippen LogP contribution in [0.2, 0.25) is 0 Å². The quantitative estimate of drug-likeness (QED) is 0.774. The van der Waals surface area contributed by atoms with Crippen molar-refractivity contribution in [3.05, 3.63) is 11.4 Å². The molecule has 5 nitrogen and oxygen atoms in total. The van der Waals surface area contributed by atoms with Crippen LogP contribution in [-0.4, -0.2) is 27.6 Å². The van der Waals surface area contributed by atoms with Gasteiger partial charge in [0.2, 0.25) is 0 Å². The van der Waals surface area contributed by atoms with Gasteiger partial charge in [-0.05, 0) is 20.3 Å². The molecule has 18 heavy (non-hydrogen) atoms. The van der Waals surface area contributed by atoms with E-state index >= 15 is 0 Å². The molecule has 0 aliphatic rings. The summed E-state index contributed by atoms with van der Waals surface area (Å²) in [4.78, 5) is 11.9. The molecule has 0 saturated heterocycles. The minimum atomic E-state index is -0.392. The van der Waals surface area contributed by atoms with Gasteiger partial charge in [-0.3, -0.25) is 0 Å². The molecular weight excluding hydrogens is 230 g/mol. The van der Waals surface area contributed by atoms with Crippen molar-refractivity contribution < 1.29 is 9.53 Å². The van der Waals surface area contributed by atoms with E-state index in [2.05, 4.69) is 24.2 Å². The fourth-order valence-electron chi connectivity index (χ4n) is 1.81. The van der Waals surface area contributed by atoms with E-state index in [9.17, 15) is 4.79 Å². The Hall–Kier alpha value is -1.39. The van der Waals surface area contributed by atoms with Crippen molar-refractivity contribution in [1.29, 1.82) is 0 Å². The molecule has 0 aliphatic carbocycles. The average Bonchev–Trinajstić information content (AvgIpc) is 2.72. The molecule has 0 aliphatic heterocycles. The Labute approximate surface area is 109 Å². The molecule has 1 rings (SSSR count). The Morgan fingerprint density at radius 1 is 1.39 bits per heavy atom. The zero-order valence-corrected chi connectivity index (χ0v) is 12.1. The van der Waals surface area contributed by atoms with Crippen molar-refractivity contribution in [1.82, 2.24) is 15.0 Å². The molecule has 0 aromatic carbocycles. The van der Waals surface area contributed by atoms with E-state index in [4.69, 9.17) is 4.74 Å². The Morgan fingerprint density at radius 3 is 2.44 bits per heavy atom. The van der Waals surface area contributed by atoms with Gasteiger partial charge in [0, 0.05) is 5.41 Å². The summed E-state index contributed by atoms with van der Waals surface area (Å²) in [6.07, 6.45) is 0.939. The first-order valence-electron chi connectivity index (χ1n) is 6.45. The molecular formula is C13H23N3O2. The maximum atomic E-state index is 11.9. The number of ether oxygens (including phenoxy) is 1. The smallest absolute Gasteiger partial charge is 0.360 e. The highest BCUT2D eigenvalue weighted by Gasteiger charge is 2.31. The number of aromatic nitrogens is 3. The van der Waals surface area contributed by atoms with Crippen LogP contribution in [0.1, 0.15) is 70.2 Å². The molecule has 1 unspecified atom stereocenters. The first kappa shape index (κ1) is 14.7. The highest BCUT2D eigenvalue weighted by molar-refractivity contribution is 5.88. The second-order valence-corrected chi connectivity index (χ2v) is 5.46. The SMILES string of the molecule is CCOC(=O)c1nnn(C(C)CC)c1C(C)(C)C. The normalized spacial score (nSPS) is 13.4. The molecule has 5 heteroatoms. The Kier molecular flexibility index (Phi) is 4.48. The topological polar surface area (TPSA) is 57.0 Å². The Bertz CT molecular complexity index is 418. The van der Waals surface area contributed by atoms with Gasteiger partial charge in [0.25, 0.3) is 0 Å². The Morgan fingerprint density at radius 2 is 2.00 bits per heavy atom. The van der Waals surface area contributed by atoms with Crippen LogP contribution in [0.25, 0.3) is 0 Å². The van der Waals surface area contributed by atoms with Crippen LogP contribution in [0.5, 0.6) is 0 Å². The first-order valence-corrected chi connectivity index (χ1v) is 6.45. The number of esters is 1. The van der Waals surface area contributed by atoms with Crippen LogP contribution in [0.3, 0.4) is 0 Å². The minimum absolute atomic E-state index is 0.199. The average molecular weight is 253 g/mol. The summed E-state index contributed by atoms with van der Waals surface area (Å²) in [7, 11) is 0. The maximum Gasteiger partial charge on any atom is 0.360 e. The van der Waals surface area contributed by atoms with Gasteiger partial charge in [-0.2, -0.15) is 0 Å². The zero-order valence-electron chi connectivity index (χ0n) is 12.1. The number of rotatable bonds is 4. The molecule has 1 atom stereocenters. The summed E-state index contributed by atoms with van der Waals surface area (Å²) in [6.45, 7) is 12.4. The van der Waals surface area contributed by atoms with E-state index in [1.54, 1.807) is 6.92 Å². The summed E-state index contributed by atoms with van der Waals surface area (Å²) in [6, 6.07) is 0.218. The zero-order chi connectivity index (χ0) is 13.9. The van der Waals surface area contributed by atoms with Crippen LogP contribution in [-0.2, 0) is 10.2 Å². The monoisotopic (exact) mass is 253 g/mol. The van der Waals surface area contributed by atoms with Crippen molar-refractivity contribution in [3.63, 3.8) is 0 Å². The number of carbonyl (C=O) groups excluding carboxylic acids is 1.